The Hall–Kier alpha value is -2.63. The van der Waals surface area contributed by atoms with Crippen LogP contribution in [0.15, 0.2) is 85.1 Å². The molecule has 0 aliphatic carbocycles. The minimum atomic E-state index is -1.58. The van der Waals surface area contributed by atoms with E-state index in [9.17, 15) is 30.3 Å². The first kappa shape index (κ1) is 52.4. The zero-order valence-corrected chi connectivity index (χ0v) is 35.6. The van der Waals surface area contributed by atoms with E-state index >= 15 is 0 Å². The number of unbranched alkanes of at least 4 members (excludes halogenated alkanes) is 14. The number of amides is 1. The number of ether oxygens (including phenoxy) is 2. The number of rotatable bonds is 35. The lowest BCUT2D eigenvalue weighted by atomic mass is 9.99. The van der Waals surface area contributed by atoms with Gasteiger partial charge in [0.15, 0.2) is 6.29 Å². The fraction of sp³-hybridized carbons (Fsp3) is 0.688. The van der Waals surface area contributed by atoms with E-state index < -0.39 is 49.5 Å². The maximum Gasteiger partial charge on any atom is 0.220 e. The highest BCUT2D eigenvalue weighted by atomic mass is 16.7. The first-order valence-electron chi connectivity index (χ1n) is 22.3. The Morgan fingerprint density at radius 2 is 1.12 bits per heavy atom. The second-order valence-corrected chi connectivity index (χ2v) is 15.1. The number of allylic oxidation sites excluding steroid dienone is 13. The van der Waals surface area contributed by atoms with Gasteiger partial charge in [0.25, 0.3) is 0 Å². The Kier molecular flexibility index (Phi) is 34.6. The van der Waals surface area contributed by atoms with Gasteiger partial charge in [-0.05, 0) is 77.6 Å². The van der Waals surface area contributed by atoms with Gasteiger partial charge in [-0.3, -0.25) is 4.79 Å². The normalized spacial score (nSPS) is 21.8. The fourth-order valence-electron chi connectivity index (χ4n) is 6.48. The summed E-state index contributed by atoms with van der Waals surface area (Å²) in [5, 5.41) is 53.9. The molecule has 7 atom stereocenters. The van der Waals surface area contributed by atoms with Gasteiger partial charge in [0.05, 0.1) is 25.4 Å². The topological polar surface area (TPSA) is 149 Å². The van der Waals surface area contributed by atoms with Crippen molar-refractivity contribution in [2.75, 3.05) is 13.2 Å². The van der Waals surface area contributed by atoms with Crippen LogP contribution in [0.2, 0.25) is 0 Å². The molecule has 0 radical (unpaired) electrons. The predicted molar refractivity (Wildman–Crippen MR) is 235 cm³/mol. The number of nitrogens with one attached hydrogen (secondary N) is 1. The lowest BCUT2D eigenvalue weighted by Gasteiger charge is -2.40. The van der Waals surface area contributed by atoms with Crippen LogP contribution in [-0.2, 0) is 14.3 Å². The van der Waals surface area contributed by atoms with E-state index in [-0.39, 0.29) is 12.5 Å². The Balaban J connectivity index is 2.25. The van der Waals surface area contributed by atoms with Crippen molar-refractivity contribution >= 4 is 5.91 Å². The summed E-state index contributed by atoms with van der Waals surface area (Å²) in [7, 11) is 0. The van der Waals surface area contributed by atoms with Crippen molar-refractivity contribution in [2.45, 2.75) is 198 Å². The van der Waals surface area contributed by atoms with Crippen LogP contribution in [0.3, 0.4) is 0 Å². The molecule has 1 saturated heterocycles. The largest absolute Gasteiger partial charge is 0.394 e. The highest BCUT2D eigenvalue weighted by Crippen LogP contribution is 2.22. The molecule has 326 valence electrons. The van der Waals surface area contributed by atoms with Crippen LogP contribution in [0.4, 0.5) is 0 Å². The summed E-state index contributed by atoms with van der Waals surface area (Å²) in [4.78, 5) is 12.9. The Bertz CT molecular complexity index is 1160. The van der Waals surface area contributed by atoms with Crippen molar-refractivity contribution in [3.05, 3.63) is 85.1 Å². The molecule has 1 rings (SSSR count). The molecular formula is C48H81NO8. The van der Waals surface area contributed by atoms with Crippen LogP contribution in [0.5, 0.6) is 0 Å². The first-order valence-corrected chi connectivity index (χ1v) is 22.3. The predicted octanol–water partition coefficient (Wildman–Crippen LogP) is 9.16. The summed E-state index contributed by atoms with van der Waals surface area (Å²) < 4.78 is 11.1. The number of carbonyl (C=O) groups excluding carboxylic acids is 1. The molecule has 1 amide bonds. The summed E-state index contributed by atoms with van der Waals surface area (Å²) in [6, 6.07) is -0.831. The molecule has 0 spiro atoms. The van der Waals surface area contributed by atoms with E-state index in [4.69, 9.17) is 9.47 Å². The van der Waals surface area contributed by atoms with E-state index in [2.05, 4.69) is 79.1 Å². The third-order valence-corrected chi connectivity index (χ3v) is 10.0. The van der Waals surface area contributed by atoms with Crippen molar-refractivity contribution in [3.8, 4) is 0 Å². The van der Waals surface area contributed by atoms with Gasteiger partial charge >= 0.3 is 0 Å². The van der Waals surface area contributed by atoms with E-state index in [0.717, 1.165) is 70.6 Å². The molecule has 0 aromatic rings. The van der Waals surface area contributed by atoms with Gasteiger partial charge in [0, 0.05) is 6.42 Å². The molecule has 0 aromatic heterocycles. The fourth-order valence-corrected chi connectivity index (χ4v) is 6.48. The van der Waals surface area contributed by atoms with E-state index in [1.54, 1.807) is 6.08 Å². The molecule has 0 aromatic carbocycles. The summed E-state index contributed by atoms with van der Waals surface area (Å²) >= 11 is 0. The average molecular weight is 800 g/mol. The van der Waals surface area contributed by atoms with Gasteiger partial charge in [-0.1, -0.05) is 156 Å². The van der Waals surface area contributed by atoms with Crippen LogP contribution in [0, 0.1) is 0 Å². The van der Waals surface area contributed by atoms with Gasteiger partial charge in [-0.25, -0.2) is 0 Å². The zero-order chi connectivity index (χ0) is 41.6. The second-order valence-electron chi connectivity index (χ2n) is 15.1. The van der Waals surface area contributed by atoms with Gasteiger partial charge in [-0.2, -0.15) is 0 Å². The Morgan fingerprint density at radius 3 is 1.68 bits per heavy atom. The van der Waals surface area contributed by atoms with Crippen LogP contribution in [-0.4, -0.2) is 87.5 Å². The van der Waals surface area contributed by atoms with E-state index in [0.29, 0.717) is 6.42 Å². The third kappa shape index (κ3) is 28.4. The standard InChI is InChI=1S/C48H81NO8/c1-3-5-7-9-11-13-14-15-16-17-18-19-20-21-22-23-24-25-26-27-28-30-32-34-36-38-44(52)49-41(42(51)37-35-33-31-29-12-10-8-6-4-2)40-56-48-47(55)46(54)45(53)43(39-50)57-48/h4-7,11-13,15-16,18-19,29,35,37,41-43,45-48,50-51,53-55H,3,8-10,14,17,20-28,30-34,36,38-40H2,1-2H3,(H,49,52)/b6-4+,7-5-,13-11-,16-15-,19-18-,29-12+,37-35+. The molecule has 9 nitrogen and oxygen atoms in total. The monoisotopic (exact) mass is 800 g/mol. The van der Waals surface area contributed by atoms with E-state index in [1.165, 1.54) is 64.2 Å². The molecule has 1 heterocycles. The lowest BCUT2D eigenvalue weighted by Crippen LogP contribution is -2.60. The molecule has 57 heavy (non-hydrogen) atoms. The van der Waals surface area contributed by atoms with Gasteiger partial charge in [-0.15, -0.1) is 0 Å². The second kappa shape index (κ2) is 37.6. The Morgan fingerprint density at radius 1 is 0.632 bits per heavy atom. The van der Waals surface area contributed by atoms with Crippen molar-refractivity contribution in [3.63, 3.8) is 0 Å². The van der Waals surface area contributed by atoms with Crippen molar-refractivity contribution in [1.29, 1.82) is 0 Å². The molecule has 1 fully saturated rings. The Labute approximate surface area is 346 Å². The summed E-state index contributed by atoms with van der Waals surface area (Å²) in [6.45, 7) is 3.38. The van der Waals surface area contributed by atoms with Crippen LogP contribution >= 0.6 is 0 Å². The zero-order valence-electron chi connectivity index (χ0n) is 35.6. The molecule has 7 unspecified atom stereocenters. The molecule has 0 saturated carbocycles. The van der Waals surface area contributed by atoms with Gasteiger partial charge < -0.3 is 40.3 Å². The highest BCUT2D eigenvalue weighted by Gasteiger charge is 2.44. The maximum atomic E-state index is 12.9. The minimum absolute atomic E-state index is 0.202. The molecule has 0 bridgehead atoms. The first-order chi connectivity index (χ1) is 27.8. The van der Waals surface area contributed by atoms with Gasteiger partial charge in [0.2, 0.25) is 5.91 Å². The molecular weight excluding hydrogens is 719 g/mol. The van der Waals surface area contributed by atoms with Crippen molar-refractivity contribution in [2.24, 2.45) is 0 Å². The van der Waals surface area contributed by atoms with Gasteiger partial charge in [0.1, 0.15) is 24.4 Å². The molecule has 6 N–H and O–H groups in total. The molecule has 1 aliphatic heterocycles. The number of hydrogen-bond donors (Lipinski definition) is 6. The third-order valence-electron chi connectivity index (χ3n) is 10.0. The SMILES string of the molecule is C/C=C/CC/C=C/CC/C=C/C(O)C(COC1OC(CO)C(O)C(O)C1O)NC(=O)CCCCCCCCCCCCCC/C=C\C/C=C\C/C=C\C/C=C\CC. The van der Waals surface area contributed by atoms with Crippen LogP contribution in [0.25, 0.3) is 0 Å². The van der Waals surface area contributed by atoms with E-state index in [1.807, 2.05) is 19.1 Å². The maximum absolute atomic E-state index is 12.9. The molecule has 1 aliphatic rings. The quantitative estimate of drug-likeness (QED) is 0.0275. The smallest absolute Gasteiger partial charge is 0.220 e. The summed E-state index contributed by atoms with van der Waals surface area (Å²) in [5.74, 6) is -0.202. The van der Waals surface area contributed by atoms with Crippen LogP contribution in [0.1, 0.15) is 155 Å². The summed E-state index contributed by atoms with van der Waals surface area (Å²) in [6.07, 6.45) is 45.2. The van der Waals surface area contributed by atoms with Crippen LogP contribution < -0.4 is 5.32 Å². The lowest BCUT2D eigenvalue weighted by molar-refractivity contribution is -0.302. The van der Waals surface area contributed by atoms with Crippen molar-refractivity contribution < 1.29 is 39.8 Å². The number of hydrogen-bond acceptors (Lipinski definition) is 8. The highest BCUT2D eigenvalue weighted by molar-refractivity contribution is 5.76. The number of carbonyl (C=O) groups is 1. The minimum Gasteiger partial charge on any atom is -0.394 e. The molecule has 9 heteroatoms. The summed E-state index contributed by atoms with van der Waals surface area (Å²) in [5.41, 5.74) is 0. The average Bonchev–Trinajstić information content (AvgIpc) is 3.21. The van der Waals surface area contributed by atoms with Crippen molar-refractivity contribution in [1.82, 2.24) is 5.32 Å². The number of aliphatic hydroxyl groups excluding tert-OH is 5. The number of aliphatic hydroxyl groups is 5.